The highest BCUT2D eigenvalue weighted by Crippen LogP contribution is 2.09. The predicted octanol–water partition coefficient (Wildman–Crippen LogP) is 0.886. The third-order valence-corrected chi connectivity index (χ3v) is 3.02. The maximum Gasteiger partial charge on any atom is 0.252 e. The minimum absolute atomic E-state index is 0.0825. The van der Waals surface area contributed by atoms with Crippen LogP contribution in [0.5, 0.6) is 0 Å². The van der Waals surface area contributed by atoms with Crippen molar-refractivity contribution in [1.29, 1.82) is 0 Å². The van der Waals surface area contributed by atoms with Gasteiger partial charge in [-0.15, -0.1) is 0 Å². The van der Waals surface area contributed by atoms with Crippen molar-refractivity contribution in [2.45, 2.75) is 38.6 Å². The standard InChI is InChI=1S/C12H20N4O/c1-2-10-15-11(7-12(17)16-10)14-9-5-3-4-6-13-8-9/h7,9,13H,2-6,8H2,1H3,(H2,14,15,16,17). The van der Waals surface area contributed by atoms with Crippen molar-refractivity contribution in [2.24, 2.45) is 0 Å². The minimum Gasteiger partial charge on any atom is -0.366 e. The summed E-state index contributed by atoms with van der Waals surface area (Å²) >= 11 is 0. The van der Waals surface area contributed by atoms with Crippen LogP contribution in [0.15, 0.2) is 10.9 Å². The second kappa shape index (κ2) is 5.82. The van der Waals surface area contributed by atoms with Gasteiger partial charge in [-0.1, -0.05) is 13.3 Å². The molecular formula is C12H20N4O. The molecular weight excluding hydrogens is 216 g/mol. The van der Waals surface area contributed by atoms with E-state index in [4.69, 9.17) is 0 Å². The largest absolute Gasteiger partial charge is 0.366 e. The summed E-state index contributed by atoms with van der Waals surface area (Å²) in [4.78, 5) is 18.5. The van der Waals surface area contributed by atoms with Crippen molar-refractivity contribution >= 4 is 5.82 Å². The summed E-state index contributed by atoms with van der Waals surface area (Å²) in [5.74, 6) is 1.43. The van der Waals surface area contributed by atoms with E-state index >= 15 is 0 Å². The molecule has 0 aromatic carbocycles. The van der Waals surface area contributed by atoms with Crippen molar-refractivity contribution in [1.82, 2.24) is 15.3 Å². The molecule has 17 heavy (non-hydrogen) atoms. The molecule has 1 aliphatic heterocycles. The molecule has 5 heteroatoms. The summed E-state index contributed by atoms with van der Waals surface area (Å²) in [7, 11) is 0. The Morgan fingerprint density at radius 3 is 3.24 bits per heavy atom. The molecule has 1 aliphatic rings. The fourth-order valence-electron chi connectivity index (χ4n) is 2.10. The van der Waals surface area contributed by atoms with E-state index in [1.54, 1.807) is 0 Å². The van der Waals surface area contributed by atoms with Crippen molar-refractivity contribution in [3.05, 3.63) is 22.2 Å². The van der Waals surface area contributed by atoms with Crippen LogP contribution in [-0.2, 0) is 6.42 Å². The lowest BCUT2D eigenvalue weighted by molar-refractivity contribution is 0.632. The van der Waals surface area contributed by atoms with Crippen LogP contribution in [0.2, 0.25) is 0 Å². The Morgan fingerprint density at radius 2 is 2.41 bits per heavy atom. The Kier molecular flexibility index (Phi) is 4.14. The van der Waals surface area contributed by atoms with Gasteiger partial charge in [-0.2, -0.15) is 0 Å². The number of aryl methyl sites for hydroxylation is 1. The van der Waals surface area contributed by atoms with Gasteiger partial charge in [0.05, 0.1) is 0 Å². The Hall–Kier alpha value is -1.36. The Bertz CT molecular complexity index is 407. The van der Waals surface area contributed by atoms with E-state index in [0.717, 1.165) is 31.8 Å². The molecule has 3 N–H and O–H groups in total. The molecule has 0 bridgehead atoms. The topological polar surface area (TPSA) is 69.8 Å². The van der Waals surface area contributed by atoms with E-state index < -0.39 is 0 Å². The molecule has 1 aromatic rings. The van der Waals surface area contributed by atoms with Crippen molar-refractivity contribution in [3.8, 4) is 0 Å². The summed E-state index contributed by atoms with van der Waals surface area (Å²) in [6.07, 6.45) is 4.31. The number of nitrogens with zero attached hydrogens (tertiary/aromatic N) is 1. The summed E-state index contributed by atoms with van der Waals surface area (Å²) < 4.78 is 0. The monoisotopic (exact) mass is 236 g/mol. The highest BCUT2D eigenvalue weighted by Gasteiger charge is 2.12. The van der Waals surface area contributed by atoms with Gasteiger partial charge >= 0.3 is 0 Å². The van der Waals surface area contributed by atoms with Crippen LogP contribution in [-0.4, -0.2) is 29.1 Å². The van der Waals surface area contributed by atoms with Gasteiger partial charge in [0.2, 0.25) is 0 Å². The molecule has 0 saturated carbocycles. The first-order chi connectivity index (χ1) is 8.28. The second-order valence-corrected chi connectivity index (χ2v) is 4.47. The van der Waals surface area contributed by atoms with E-state index in [1.807, 2.05) is 6.92 Å². The Morgan fingerprint density at radius 1 is 1.53 bits per heavy atom. The fraction of sp³-hybridized carbons (Fsp3) is 0.667. The molecule has 1 saturated heterocycles. The molecule has 0 aliphatic carbocycles. The van der Waals surface area contributed by atoms with E-state index in [2.05, 4.69) is 20.6 Å². The molecule has 1 fully saturated rings. The maximum atomic E-state index is 11.4. The van der Waals surface area contributed by atoms with Gasteiger partial charge in [0.25, 0.3) is 5.56 Å². The van der Waals surface area contributed by atoms with Crippen LogP contribution >= 0.6 is 0 Å². The second-order valence-electron chi connectivity index (χ2n) is 4.47. The number of anilines is 1. The average Bonchev–Trinajstić information content (AvgIpc) is 2.57. The third kappa shape index (κ3) is 3.56. The van der Waals surface area contributed by atoms with Crippen LogP contribution in [0.25, 0.3) is 0 Å². The Balaban J connectivity index is 2.06. The van der Waals surface area contributed by atoms with Gasteiger partial charge < -0.3 is 15.6 Å². The molecule has 0 spiro atoms. The molecule has 2 heterocycles. The molecule has 2 rings (SSSR count). The number of aromatic amines is 1. The number of H-pyrrole nitrogens is 1. The van der Waals surface area contributed by atoms with Crippen LogP contribution in [0.1, 0.15) is 32.0 Å². The highest BCUT2D eigenvalue weighted by atomic mass is 16.1. The Labute approximate surface area is 101 Å². The summed E-state index contributed by atoms with van der Waals surface area (Å²) in [5, 5.41) is 6.73. The lowest BCUT2D eigenvalue weighted by Crippen LogP contribution is -2.31. The quantitative estimate of drug-likeness (QED) is 0.729. The van der Waals surface area contributed by atoms with Crippen LogP contribution < -0.4 is 16.2 Å². The molecule has 1 atom stereocenters. The summed E-state index contributed by atoms with van der Waals surface area (Å²) in [6, 6.07) is 1.90. The molecule has 94 valence electrons. The first-order valence-corrected chi connectivity index (χ1v) is 6.35. The van der Waals surface area contributed by atoms with E-state index in [9.17, 15) is 4.79 Å². The van der Waals surface area contributed by atoms with E-state index in [-0.39, 0.29) is 5.56 Å². The number of hydrogen-bond acceptors (Lipinski definition) is 4. The molecule has 0 radical (unpaired) electrons. The van der Waals surface area contributed by atoms with Crippen molar-refractivity contribution in [2.75, 3.05) is 18.4 Å². The number of rotatable bonds is 3. The molecule has 1 aromatic heterocycles. The summed E-state index contributed by atoms with van der Waals surface area (Å²) in [6.45, 7) is 4.01. The third-order valence-electron chi connectivity index (χ3n) is 3.02. The first-order valence-electron chi connectivity index (χ1n) is 6.35. The fourth-order valence-corrected chi connectivity index (χ4v) is 2.10. The first kappa shape index (κ1) is 12.1. The van der Waals surface area contributed by atoms with Crippen LogP contribution in [0.3, 0.4) is 0 Å². The van der Waals surface area contributed by atoms with Gasteiger partial charge in [-0.3, -0.25) is 4.79 Å². The normalized spacial score (nSPS) is 20.9. The van der Waals surface area contributed by atoms with Gasteiger partial charge in [-0.05, 0) is 19.4 Å². The lowest BCUT2D eigenvalue weighted by atomic mass is 10.1. The minimum atomic E-state index is -0.0825. The average molecular weight is 236 g/mol. The maximum absolute atomic E-state index is 11.4. The van der Waals surface area contributed by atoms with Crippen molar-refractivity contribution in [3.63, 3.8) is 0 Å². The zero-order valence-electron chi connectivity index (χ0n) is 10.3. The predicted molar refractivity (Wildman–Crippen MR) is 68.4 cm³/mol. The van der Waals surface area contributed by atoms with Gasteiger partial charge in [0, 0.05) is 25.1 Å². The zero-order chi connectivity index (χ0) is 12.1. The molecule has 0 amide bonds. The molecule has 1 unspecified atom stereocenters. The van der Waals surface area contributed by atoms with Gasteiger partial charge in [0.15, 0.2) is 0 Å². The molecule has 5 nitrogen and oxygen atoms in total. The van der Waals surface area contributed by atoms with Gasteiger partial charge in [0.1, 0.15) is 11.6 Å². The highest BCUT2D eigenvalue weighted by molar-refractivity contribution is 5.34. The van der Waals surface area contributed by atoms with E-state index in [0.29, 0.717) is 11.9 Å². The van der Waals surface area contributed by atoms with Crippen LogP contribution in [0.4, 0.5) is 5.82 Å². The smallest absolute Gasteiger partial charge is 0.252 e. The van der Waals surface area contributed by atoms with E-state index in [1.165, 1.54) is 18.9 Å². The van der Waals surface area contributed by atoms with Crippen molar-refractivity contribution < 1.29 is 0 Å². The number of aromatic nitrogens is 2. The SMILES string of the molecule is CCc1nc(NC2CCCCNC2)cc(=O)[nH]1. The number of hydrogen-bond donors (Lipinski definition) is 3. The number of nitrogens with one attached hydrogen (secondary N) is 3. The van der Waals surface area contributed by atoms with Crippen LogP contribution in [0, 0.1) is 0 Å². The lowest BCUT2D eigenvalue weighted by Gasteiger charge is -2.17. The van der Waals surface area contributed by atoms with Gasteiger partial charge in [-0.25, -0.2) is 4.98 Å². The zero-order valence-corrected chi connectivity index (χ0v) is 10.3. The summed E-state index contributed by atoms with van der Waals surface area (Å²) in [5.41, 5.74) is -0.0825.